The molecule has 140 valence electrons. The number of alkyl halides is 3. The molecule has 0 aliphatic heterocycles. The second-order valence-corrected chi connectivity index (χ2v) is 7.14. The number of carbonyl (C=O) groups excluding carboxylic acids is 1. The van der Waals surface area contributed by atoms with Gasteiger partial charge >= 0.3 is 6.18 Å². The molecule has 0 heterocycles. The Kier molecular flexibility index (Phi) is 5.77. The number of nitrogens with one attached hydrogen (secondary N) is 2. The smallest absolute Gasteiger partial charge is 0.343 e. The van der Waals surface area contributed by atoms with E-state index in [1.807, 2.05) is 0 Å². The van der Waals surface area contributed by atoms with Crippen molar-refractivity contribution >= 4 is 33.2 Å². The quantitative estimate of drug-likeness (QED) is 0.740. The first-order chi connectivity index (χ1) is 12.0. The maximum atomic E-state index is 12.9. The fourth-order valence-corrected chi connectivity index (χ4v) is 3.14. The molecule has 2 aromatic carbocycles. The van der Waals surface area contributed by atoms with Crippen LogP contribution in [0.5, 0.6) is 0 Å². The van der Waals surface area contributed by atoms with E-state index in [0.29, 0.717) is 0 Å². The minimum atomic E-state index is -4.63. The normalized spacial score (nSPS) is 11.9. The van der Waals surface area contributed by atoms with Gasteiger partial charge in [0, 0.05) is 5.69 Å². The second kappa shape index (κ2) is 7.50. The molecule has 0 bridgehead atoms. The fourth-order valence-electron chi connectivity index (χ4n) is 1.85. The number of hydrogen-bond acceptors (Lipinski definition) is 3. The predicted octanol–water partition coefficient (Wildman–Crippen LogP) is 3.57. The molecule has 0 fully saturated rings. The monoisotopic (exact) mass is 410 g/mol. The zero-order chi connectivity index (χ0) is 19.5. The molecule has 2 aromatic rings. The molecule has 5 nitrogen and oxygen atoms in total. The Labute approximate surface area is 151 Å². The minimum absolute atomic E-state index is 0.0597. The summed E-state index contributed by atoms with van der Waals surface area (Å²) in [5.41, 5.74) is -0.373. The Bertz CT molecular complexity index is 915. The summed E-state index contributed by atoms with van der Waals surface area (Å²) < 4.78 is 76.3. The minimum Gasteiger partial charge on any atom is -0.343 e. The van der Waals surface area contributed by atoms with Crippen molar-refractivity contribution in [2.45, 2.75) is 11.1 Å². The number of anilines is 1. The van der Waals surface area contributed by atoms with Crippen LogP contribution < -0.4 is 10.0 Å². The van der Waals surface area contributed by atoms with E-state index in [1.165, 1.54) is 12.1 Å². The molecule has 0 aliphatic carbocycles. The van der Waals surface area contributed by atoms with E-state index in [0.717, 1.165) is 30.3 Å². The molecule has 1 amide bonds. The van der Waals surface area contributed by atoms with E-state index in [4.69, 9.17) is 11.6 Å². The highest BCUT2D eigenvalue weighted by molar-refractivity contribution is 7.92. The van der Waals surface area contributed by atoms with Crippen molar-refractivity contribution in [2.75, 3.05) is 11.3 Å². The standard InChI is InChI=1S/C15H11ClF4N2O3S/c16-13-6-5-11(7-12(13)14(23)21-8-15(18,19)20)26(24,25)22-10-3-1-9(17)2-4-10/h1-7,22H,8H2,(H,21,23). The van der Waals surface area contributed by atoms with Crippen molar-refractivity contribution in [3.8, 4) is 0 Å². The van der Waals surface area contributed by atoms with Gasteiger partial charge in [-0.25, -0.2) is 12.8 Å². The summed E-state index contributed by atoms with van der Waals surface area (Å²) in [6.45, 7) is -1.59. The van der Waals surface area contributed by atoms with Crippen molar-refractivity contribution in [3.63, 3.8) is 0 Å². The van der Waals surface area contributed by atoms with Crippen molar-refractivity contribution < 1.29 is 30.8 Å². The molecule has 0 aromatic heterocycles. The lowest BCUT2D eigenvalue weighted by Gasteiger charge is -2.12. The van der Waals surface area contributed by atoms with E-state index in [2.05, 4.69) is 4.72 Å². The van der Waals surface area contributed by atoms with Crippen LogP contribution in [0.4, 0.5) is 23.2 Å². The first-order valence-corrected chi connectivity index (χ1v) is 8.77. The largest absolute Gasteiger partial charge is 0.405 e. The van der Waals surface area contributed by atoms with E-state index in [9.17, 15) is 30.8 Å². The Morgan fingerprint density at radius 1 is 1.08 bits per heavy atom. The number of hydrogen-bond donors (Lipinski definition) is 2. The van der Waals surface area contributed by atoms with Gasteiger partial charge in [-0.2, -0.15) is 13.2 Å². The summed E-state index contributed by atoms with van der Waals surface area (Å²) in [5, 5.41) is 1.39. The van der Waals surface area contributed by atoms with Crippen LogP contribution >= 0.6 is 11.6 Å². The topological polar surface area (TPSA) is 75.3 Å². The number of rotatable bonds is 5. The van der Waals surface area contributed by atoms with Crippen LogP contribution in [0.15, 0.2) is 47.4 Å². The van der Waals surface area contributed by atoms with Crippen LogP contribution in [0, 0.1) is 5.82 Å². The molecule has 0 saturated carbocycles. The fraction of sp³-hybridized carbons (Fsp3) is 0.133. The number of benzene rings is 2. The molecular formula is C15H11ClF4N2O3S. The van der Waals surface area contributed by atoms with E-state index < -0.39 is 44.9 Å². The molecule has 0 atom stereocenters. The third-order valence-electron chi connectivity index (χ3n) is 3.04. The van der Waals surface area contributed by atoms with Crippen molar-refractivity contribution in [1.82, 2.24) is 5.32 Å². The zero-order valence-electron chi connectivity index (χ0n) is 12.8. The molecule has 0 aliphatic rings. The Morgan fingerprint density at radius 2 is 1.69 bits per heavy atom. The highest BCUT2D eigenvalue weighted by atomic mass is 35.5. The Hall–Kier alpha value is -2.33. The van der Waals surface area contributed by atoms with Crippen molar-refractivity contribution in [1.29, 1.82) is 0 Å². The van der Waals surface area contributed by atoms with Crippen LogP contribution in [0.1, 0.15) is 10.4 Å². The van der Waals surface area contributed by atoms with Gasteiger partial charge in [0.05, 0.1) is 15.5 Å². The first kappa shape index (κ1) is 20.0. The van der Waals surface area contributed by atoms with Gasteiger partial charge in [0.2, 0.25) is 0 Å². The van der Waals surface area contributed by atoms with Gasteiger partial charge in [0.1, 0.15) is 12.4 Å². The molecule has 2 rings (SSSR count). The lowest BCUT2D eigenvalue weighted by molar-refractivity contribution is -0.123. The SMILES string of the molecule is O=C(NCC(F)(F)F)c1cc(S(=O)(=O)Nc2ccc(F)cc2)ccc1Cl. The Morgan fingerprint density at radius 3 is 2.27 bits per heavy atom. The second-order valence-electron chi connectivity index (χ2n) is 5.05. The lowest BCUT2D eigenvalue weighted by Crippen LogP contribution is -2.34. The summed E-state index contributed by atoms with van der Waals surface area (Å²) >= 11 is 5.77. The van der Waals surface area contributed by atoms with Crippen LogP contribution in [-0.2, 0) is 10.0 Å². The molecule has 0 unspecified atom stereocenters. The molecule has 26 heavy (non-hydrogen) atoms. The van der Waals surface area contributed by atoms with Crippen molar-refractivity contribution in [3.05, 3.63) is 58.9 Å². The van der Waals surface area contributed by atoms with Crippen molar-refractivity contribution in [2.24, 2.45) is 0 Å². The van der Waals surface area contributed by atoms with Crippen LogP contribution in [0.3, 0.4) is 0 Å². The number of halogens is 5. The van der Waals surface area contributed by atoms with Gasteiger partial charge in [-0.05, 0) is 42.5 Å². The number of amides is 1. The van der Waals surface area contributed by atoms with E-state index in [-0.39, 0.29) is 10.7 Å². The number of carbonyl (C=O) groups is 1. The number of sulfonamides is 1. The van der Waals surface area contributed by atoms with Crippen LogP contribution in [0.2, 0.25) is 5.02 Å². The Balaban J connectivity index is 2.27. The van der Waals surface area contributed by atoms with E-state index >= 15 is 0 Å². The maximum Gasteiger partial charge on any atom is 0.405 e. The van der Waals surface area contributed by atoms with Crippen LogP contribution in [0.25, 0.3) is 0 Å². The third-order valence-corrected chi connectivity index (χ3v) is 4.75. The average Bonchev–Trinajstić information content (AvgIpc) is 2.54. The van der Waals surface area contributed by atoms with Gasteiger partial charge in [-0.3, -0.25) is 9.52 Å². The van der Waals surface area contributed by atoms with Gasteiger partial charge in [-0.15, -0.1) is 0 Å². The van der Waals surface area contributed by atoms with Gasteiger partial charge in [0.15, 0.2) is 0 Å². The predicted molar refractivity (Wildman–Crippen MR) is 87.0 cm³/mol. The summed E-state index contributed by atoms with van der Waals surface area (Å²) in [6.07, 6.45) is -4.63. The summed E-state index contributed by atoms with van der Waals surface area (Å²) in [7, 11) is -4.18. The molecule has 11 heteroatoms. The summed E-state index contributed by atoms with van der Waals surface area (Å²) in [6, 6.07) is 7.43. The first-order valence-electron chi connectivity index (χ1n) is 6.91. The molecule has 2 N–H and O–H groups in total. The highest BCUT2D eigenvalue weighted by Crippen LogP contribution is 2.23. The molecular weight excluding hydrogens is 400 g/mol. The lowest BCUT2D eigenvalue weighted by atomic mass is 10.2. The third kappa shape index (κ3) is 5.33. The zero-order valence-corrected chi connectivity index (χ0v) is 14.3. The molecule has 0 spiro atoms. The highest BCUT2D eigenvalue weighted by Gasteiger charge is 2.28. The molecule has 0 radical (unpaired) electrons. The van der Waals surface area contributed by atoms with Gasteiger partial charge in [-0.1, -0.05) is 11.6 Å². The summed E-state index contributed by atoms with van der Waals surface area (Å²) in [5.74, 6) is -1.74. The maximum absolute atomic E-state index is 12.9. The molecule has 0 saturated heterocycles. The van der Waals surface area contributed by atoms with Gasteiger partial charge < -0.3 is 5.32 Å². The average molecular weight is 411 g/mol. The van der Waals surface area contributed by atoms with E-state index in [1.54, 1.807) is 5.32 Å². The van der Waals surface area contributed by atoms with Crippen LogP contribution in [-0.4, -0.2) is 27.0 Å². The van der Waals surface area contributed by atoms with Gasteiger partial charge in [0.25, 0.3) is 15.9 Å². The summed E-state index contributed by atoms with van der Waals surface area (Å²) in [4.78, 5) is 11.4.